The summed E-state index contributed by atoms with van der Waals surface area (Å²) in [5, 5.41) is 15.2. The predicted octanol–water partition coefficient (Wildman–Crippen LogP) is 5.30. The van der Waals surface area contributed by atoms with Crippen LogP contribution in [0.5, 0.6) is 0 Å². The second-order valence-electron chi connectivity index (χ2n) is 6.84. The van der Waals surface area contributed by atoms with E-state index in [9.17, 15) is 14.9 Å². The smallest absolute Gasteiger partial charge is 0.292 e. The molecule has 1 atom stereocenters. The number of hydrogen-bond acceptors (Lipinski definition) is 4. The van der Waals surface area contributed by atoms with Gasteiger partial charge in [0.2, 0.25) is 5.91 Å². The highest BCUT2D eigenvalue weighted by atomic mass is 35.5. The number of nitrogens with one attached hydrogen (secondary N) is 1. The zero-order chi connectivity index (χ0) is 22.2. The number of benzene rings is 3. The molecular weight excluding hydrogens is 414 g/mol. The molecule has 0 aromatic heterocycles. The van der Waals surface area contributed by atoms with Gasteiger partial charge in [-0.05, 0) is 29.3 Å². The molecule has 0 saturated heterocycles. The molecule has 0 radical (unpaired) electrons. The SMILES string of the molecule is C=CCN(c1ccccc1[N+](=O)[O-])C(C(=O)NCc1ccc(Cl)cc1)c1ccccc1. The Morgan fingerprint density at radius 3 is 2.35 bits per heavy atom. The summed E-state index contributed by atoms with van der Waals surface area (Å²) in [7, 11) is 0. The van der Waals surface area contributed by atoms with Gasteiger partial charge in [-0.2, -0.15) is 0 Å². The Balaban J connectivity index is 1.98. The lowest BCUT2D eigenvalue weighted by Gasteiger charge is -2.32. The van der Waals surface area contributed by atoms with Crippen LogP contribution in [0, 0.1) is 10.1 Å². The van der Waals surface area contributed by atoms with E-state index in [2.05, 4.69) is 11.9 Å². The fourth-order valence-corrected chi connectivity index (χ4v) is 3.47. The quantitative estimate of drug-likeness (QED) is 0.281. The molecule has 0 aliphatic carbocycles. The molecular formula is C24H22ClN3O3. The highest BCUT2D eigenvalue weighted by molar-refractivity contribution is 6.30. The lowest BCUT2D eigenvalue weighted by atomic mass is 10.0. The van der Waals surface area contributed by atoms with Crippen LogP contribution in [0.25, 0.3) is 0 Å². The van der Waals surface area contributed by atoms with Gasteiger partial charge in [-0.3, -0.25) is 14.9 Å². The third-order valence-corrected chi connectivity index (χ3v) is 5.02. The first kappa shape index (κ1) is 22.1. The average Bonchev–Trinajstić information content (AvgIpc) is 2.79. The molecule has 0 spiro atoms. The Morgan fingerprint density at radius 1 is 1.06 bits per heavy atom. The number of amides is 1. The average molecular weight is 436 g/mol. The molecule has 1 N–H and O–H groups in total. The fraction of sp³-hybridized carbons (Fsp3) is 0.125. The molecule has 0 bridgehead atoms. The predicted molar refractivity (Wildman–Crippen MR) is 123 cm³/mol. The summed E-state index contributed by atoms with van der Waals surface area (Å²) in [5.41, 5.74) is 1.89. The van der Waals surface area contributed by atoms with E-state index in [1.54, 1.807) is 41.3 Å². The molecule has 1 amide bonds. The minimum atomic E-state index is -0.785. The third-order valence-electron chi connectivity index (χ3n) is 4.77. The van der Waals surface area contributed by atoms with E-state index in [4.69, 9.17) is 11.6 Å². The van der Waals surface area contributed by atoms with E-state index in [1.165, 1.54) is 6.07 Å². The summed E-state index contributed by atoms with van der Waals surface area (Å²) >= 11 is 5.93. The first-order chi connectivity index (χ1) is 15.0. The second kappa shape index (κ2) is 10.4. The zero-order valence-corrected chi connectivity index (χ0v) is 17.5. The summed E-state index contributed by atoms with van der Waals surface area (Å²) in [6.45, 7) is 4.33. The largest absolute Gasteiger partial charge is 0.350 e. The topological polar surface area (TPSA) is 75.5 Å². The van der Waals surface area contributed by atoms with Crippen LogP contribution < -0.4 is 10.2 Å². The van der Waals surface area contributed by atoms with Crippen molar-refractivity contribution >= 4 is 28.9 Å². The number of anilines is 1. The van der Waals surface area contributed by atoms with Crippen molar-refractivity contribution in [2.75, 3.05) is 11.4 Å². The summed E-state index contributed by atoms with van der Waals surface area (Å²) in [4.78, 5) is 26.3. The third kappa shape index (κ3) is 5.49. The number of carbonyl (C=O) groups is 1. The molecule has 158 valence electrons. The van der Waals surface area contributed by atoms with Crippen molar-refractivity contribution in [1.29, 1.82) is 0 Å². The Labute approximate surface area is 185 Å². The lowest BCUT2D eigenvalue weighted by molar-refractivity contribution is -0.384. The Bertz CT molecular complexity index is 1060. The van der Waals surface area contributed by atoms with Crippen molar-refractivity contribution in [1.82, 2.24) is 5.32 Å². The number of nitro benzene ring substituents is 1. The van der Waals surface area contributed by atoms with Crippen molar-refractivity contribution in [2.24, 2.45) is 0 Å². The van der Waals surface area contributed by atoms with E-state index < -0.39 is 11.0 Å². The highest BCUT2D eigenvalue weighted by Crippen LogP contribution is 2.34. The maximum Gasteiger partial charge on any atom is 0.292 e. The van der Waals surface area contributed by atoms with Gasteiger partial charge in [-0.25, -0.2) is 0 Å². The Kier molecular flexibility index (Phi) is 7.40. The molecule has 1 unspecified atom stereocenters. The summed E-state index contributed by atoms with van der Waals surface area (Å²) in [5.74, 6) is -0.277. The summed E-state index contributed by atoms with van der Waals surface area (Å²) in [6, 6.07) is 22.0. The van der Waals surface area contributed by atoms with Crippen LogP contribution in [0.1, 0.15) is 17.2 Å². The Hall–Kier alpha value is -3.64. The number of nitro groups is 1. The number of halogens is 1. The summed E-state index contributed by atoms with van der Waals surface area (Å²) < 4.78 is 0. The molecule has 0 heterocycles. The number of nitrogens with zero attached hydrogens (tertiary/aromatic N) is 2. The standard InChI is InChI=1S/C24H22ClN3O3/c1-2-16-27(21-10-6-7-11-22(21)28(30)31)23(19-8-4-3-5-9-19)24(29)26-17-18-12-14-20(25)15-13-18/h2-15,23H,1,16-17H2,(H,26,29). The molecule has 3 aromatic rings. The minimum Gasteiger partial charge on any atom is -0.350 e. The van der Waals surface area contributed by atoms with Gasteiger partial charge in [0, 0.05) is 24.2 Å². The van der Waals surface area contributed by atoms with Crippen LogP contribution >= 0.6 is 11.6 Å². The van der Waals surface area contributed by atoms with Gasteiger partial charge in [0.15, 0.2) is 0 Å². The van der Waals surface area contributed by atoms with Crippen LogP contribution in [0.3, 0.4) is 0 Å². The van der Waals surface area contributed by atoms with Gasteiger partial charge in [-0.15, -0.1) is 6.58 Å². The molecule has 0 fully saturated rings. The van der Waals surface area contributed by atoms with Crippen LogP contribution in [0.4, 0.5) is 11.4 Å². The first-order valence-electron chi connectivity index (χ1n) is 9.69. The van der Waals surface area contributed by atoms with Crippen LogP contribution in [0.15, 0.2) is 91.5 Å². The zero-order valence-electron chi connectivity index (χ0n) is 16.8. The molecule has 31 heavy (non-hydrogen) atoms. The van der Waals surface area contributed by atoms with E-state index in [-0.39, 0.29) is 18.1 Å². The van der Waals surface area contributed by atoms with Crippen LogP contribution in [0.2, 0.25) is 5.02 Å². The molecule has 7 heteroatoms. The first-order valence-corrected chi connectivity index (χ1v) is 10.1. The van der Waals surface area contributed by atoms with E-state index in [1.807, 2.05) is 42.5 Å². The van der Waals surface area contributed by atoms with E-state index >= 15 is 0 Å². The van der Waals surface area contributed by atoms with Gasteiger partial charge >= 0.3 is 0 Å². The monoisotopic (exact) mass is 435 g/mol. The van der Waals surface area contributed by atoms with Crippen molar-refractivity contribution in [3.8, 4) is 0 Å². The van der Waals surface area contributed by atoms with Gasteiger partial charge in [0.1, 0.15) is 11.7 Å². The number of rotatable bonds is 9. The van der Waals surface area contributed by atoms with Crippen molar-refractivity contribution in [2.45, 2.75) is 12.6 Å². The number of hydrogen-bond donors (Lipinski definition) is 1. The van der Waals surface area contributed by atoms with Crippen molar-refractivity contribution in [3.63, 3.8) is 0 Å². The number of para-hydroxylation sites is 2. The number of carbonyl (C=O) groups excluding carboxylic acids is 1. The summed E-state index contributed by atoms with van der Waals surface area (Å²) in [6.07, 6.45) is 1.62. The van der Waals surface area contributed by atoms with E-state index in [0.29, 0.717) is 17.3 Å². The molecule has 0 saturated carbocycles. The second-order valence-corrected chi connectivity index (χ2v) is 7.28. The molecule has 0 aliphatic heterocycles. The van der Waals surface area contributed by atoms with Gasteiger partial charge in [0.05, 0.1) is 4.92 Å². The maximum atomic E-state index is 13.4. The molecule has 6 nitrogen and oxygen atoms in total. The van der Waals surface area contributed by atoms with Crippen molar-refractivity contribution in [3.05, 3.63) is 118 Å². The molecule has 0 aliphatic rings. The molecule has 3 aromatic carbocycles. The minimum absolute atomic E-state index is 0.0733. The highest BCUT2D eigenvalue weighted by Gasteiger charge is 2.31. The molecule has 3 rings (SSSR count). The van der Waals surface area contributed by atoms with Crippen molar-refractivity contribution < 1.29 is 9.72 Å². The normalized spacial score (nSPS) is 11.4. The fourth-order valence-electron chi connectivity index (χ4n) is 3.34. The Morgan fingerprint density at radius 2 is 1.71 bits per heavy atom. The van der Waals surface area contributed by atoms with Gasteiger partial charge in [0.25, 0.3) is 5.69 Å². The van der Waals surface area contributed by atoms with Crippen LogP contribution in [-0.4, -0.2) is 17.4 Å². The van der Waals surface area contributed by atoms with Gasteiger partial charge in [-0.1, -0.05) is 72.3 Å². The lowest BCUT2D eigenvalue weighted by Crippen LogP contribution is -2.41. The maximum absolute atomic E-state index is 13.4. The van der Waals surface area contributed by atoms with Crippen LogP contribution in [-0.2, 0) is 11.3 Å². The van der Waals surface area contributed by atoms with Gasteiger partial charge < -0.3 is 10.2 Å². The van der Waals surface area contributed by atoms with E-state index in [0.717, 1.165) is 11.1 Å².